The molecule has 1 unspecified atom stereocenters. The Morgan fingerprint density at radius 1 is 1.27 bits per heavy atom. The van der Waals surface area contributed by atoms with Crippen LogP contribution < -0.4 is 5.32 Å². The molecule has 7 nitrogen and oxygen atoms in total. The molecule has 138 valence electrons. The Morgan fingerprint density at radius 3 is 2.85 bits per heavy atom. The quantitative estimate of drug-likeness (QED) is 0.912. The van der Waals surface area contributed by atoms with E-state index in [0.29, 0.717) is 23.8 Å². The second kappa shape index (κ2) is 7.45. The molecular weight excluding hydrogens is 330 g/mol. The first-order valence-corrected chi connectivity index (χ1v) is 9.37. The van der Waals surface area contributed by atoms with E-state index in [2.05, 4.69) is 27.3 Å². The van der Waals surface area contributed by atoms with Crippen molar-refractivity contribution < 1.29 is 9.32 Å². The predicted octanol–water partition coefficient (Wildman–Crippen LogP) is 2.50. The number of urea groups is 1. The summed E-state index contributed by atoms with van der Waals surface area (Å²) in [7, 11) is 0. The highest BCUT2D eigenvalue weighted by atomic mass is 16.5. The molecule has 26 heavy (non-hydrogen) atoms. The molecule has 2 saturated heterocycles. The Labute approximate surface area is 153 Å². The summed E-state index contributed by atoms with van der Waals surface area (Å²) < 4.78 is 5.23. The van der Waals surface area contributed by atoms with E-state index < -0.39 is 0 Å². The smallest absolute Gasteiger partial charge is 0.317 e. The van der Waals surface area contributed by atoms with Gasteiger partial charge in [-0.1, -0.05) is 41.9 Å². The number of carbonyl (C=O) groups excluding carboxylic acids is 1. The molecule has 1 N–H and O–H groups in total. The van der Waals surface area contributed by atoms with Crippen molar-refractivity contribution in [2.45, 2.75) is 44.8 Å². The molecule has 1 atom stereocenters. The van der Waals surface area contributed by atoms with Gasteiger partial charge in [-0.3, -0.25) is 4.90 Å². The molecule has 4 rings (SSSR count). The lowest BCUT2D eigenvalue weighted by Gasteiger charge is -2.49. The number of likely N-dealkylation sites (tertiary alicyclic amines) is 2. The lowest BCUT2D eigenvalue weighted by molar-refractivity contribution is 0.0167. The Morgan fingerprint density at radius 2 is 2.08 bits per heavy atom. The van der Waals surface area contributed by atoms with Crippen molar-refractivity contribution in [3.8, 4) is 11.4 Å². The third-order valence-electron chi connectivity index (χ3n) is 5.36. The average molecular weight is 355 g/mol. The van der Waals surface area contributed by atoms with Gasteiger partial charge >= 0.3 is 6.03 Å². The SMILES string of the molecule is CC1CCCCN1C1CN(C(=O)NCc2nc(-c3ccccc3)no2)C1. The van der Waals surface area contributed by atoms with E-state index in [-0.39, 0.29) is 12.6 Å². The summed E-state index contributed by atoms with van der Waals surface area (Å²) in [6, 6.07) is 10.7. The van der Waals surface area contributed by atoms with E-state index in [0.717, 1.165) is 25.2 Å². The molecule has 2 aliphatic heterocycles. The number of nitrogens with one attached hydrogen (secondary N) is 1. The first kappa shape index (κ1) is 17.0. The number of aromatic nitrogens is 2. The lowest BCUT2D eigenvalue weighted by atomic mass is 9.98. The molecule has 7 heteroatoms. The fourth-order valence-electron chi connectivity index (χ4n) is 3.79. The van der Waals surface area contributed by atoms with Gasteiger partial charge in [-0.2, -0.15) is 4.98 Å². The minimum absolute atomic E-state index is 0.0645. The zero-order chi connectivity index (χ0) is 17.9. The maximum absolute atomic E-state index is 12.3. The van der Waals surface area contributed by atoms with E-state index >= 15 is 0 Å². The lowest BCUT2D eigenvalue weighted by Crippen LogP contribution is -2.64. The summed E-state index contributed by atoms with van der Waals surface area (Å²) in [6.45, 7) is 5.30. The van der Waals surface area contributed by atoms with E-state index in [9.17, 15) is 4.79 Å². The topological polar surface area (TPSA) is 74.5 Å². The average Bonchev–Trinajstić information content (AvgIpc) is 3.10. The first-order chi connectivity index (χ1) is 12.7. The molecule has 2 amide bonds. The van der Waals surface area contributed by atoms with Crippen LogP contribution in [0.4, 0.5) is 4.79 Å². The van der Waals surface area contributed by atoms with Gasteiger partial charge < -0.3 is 14.7 Å². The third kappa shape index (κ3) is 3.58. The predicted molar refractivity (Wildman–Crippen MR) is 97.3 cm³/mol. The number of rotatable bonds is 4. The zero-order valence-corrected chi connectivity index (χ0v) is 15.1. The second-order valence-corrected chi connectivity index (χ2v) is 7.18. The highest BCUT2D eigenvalue weighted by molar-refractivity contribution is 5.75. The van der Waals surface area contributed by atoms with Gasteiger partial charge in [0, 0.05) is 30.7 Å². The Hall–Kier alpha value is -2.41. The van der Waals surface area contributed by atoms with Crippen molar-refractivity contribution in [1.82, 2.24) is 25.3 Å². The van der Waals surface area contributed by atoms with Gasteiger partial charge in [-0.25, -0.2) is 4.79 Å². The molecule has 0 radical (unpaired) electrons. The van der Waals surface area contributed by atoms with Crippen LogP contribution in [0.15, 0.2) is 34.9 Å². The summed E-state index contributed by atoms with van der Waals surface area (Å²) in [5, 5.41) is 6.84. The Bertz CT molecular complexity index is 741. The Kier molecular flexibility index (Phi) is 4.88. The molecular formula is C19H25N5O2. The summed E-state index contributed by atoms with van der Waals surface area (Å²) >= 11 is 0. The monoisotopic (exact) mass is 355 g/mol. The van der Waals surface area contributed by atoms with Crippen LogP contribution in [0, 0.1) is 0 Å². The van der Waals surface area contributed by atoms with Crippen LogP contribution in [0.1, 0.15) is 32.1 Å². The molecule has 2 fully saturated rings. The number of nitrogens with zero attached hydrogens (tertiary/aromatic N) is 4. The van der Waals surface area contributed by atoms with Crippen molar-refractivity contribution in [3.05, 3.63) is 36.2 Å². The van der Waals surface area contributed by atoms with Crippen LogP contribution in [0.25, 0.3) is 11.4 Å². The summed E-state index contributed by atoms with van der Waals surface area (Å²) in [4.78, 5) is 21.0. The number of carbonyl (C=O) groups is 1. The van der Waals surface area contributed by atoms with Crippen LogP contribution in [-0.4, -0.2) is 57.7 Å². The summed E-state index contributed by atoms with van der Waals surface area (Å²) in [6.07, 6.45) is 3.86. The van der Waals surface area contributed by atoms with E-state index in [1.165, 1.54) is 19.3 Å². The zero-order valence-electron chi connectivity index (χ0n) is 15.1. The van der Waals surface area contributed by atoms with Gasteiger partial charge in [0.2, 0.25) is 11.7 Å². The van der Waals surface area contributed by atoms with Gasteiger partial charge in [0.15, 0.2) is 0 Å². The van der Waals surface area contributed by atoms with Crippen LogP contribution in [0.5, 0.6) is 0 Å². The van der Waals surface area contributed by atoms with Gasteiger partial charge in [-0.05, 0) is 26.3 Å². The van der Waals surface area contributed by atoms with Crippen LogP contribution >= 0.6 is 0 Å². The number of hydrogen-bond acceptors (Lipinski definition) is 5. The number of benzene rings is 1. The number of piperidine rings is 1. The molecule has 2 aromatic rings. The molecule has 1 aromatic carbocycles. The first-order valence-electron chi connectivity index (χ1n) is 9.37. The van der Waals surface area contributed by atoms with E-state index in [1.807, 2.05) is 35.2 Å². The van der Waals surface area contributed by atoms with Crippen molar-refractivity contribution in [2.75, 3.05) is 19.6 Å². The molecule has 0 bridgehead atoms. The minimum atomic E-state index is -0.0645. The summed E-state index contributed by atoms with van der Waals surface area (Å²) in [5.41, 5.74) is 0.898. The highest BCUT2D eigenvalue weighted by Gasteiger charge is 2.37. The minimum Gasteiger partial charge on any atom is -0.337 e. The number of amides is 2. The third-order valence-corrected chi connectivity index (χ3v) is 5.36. The number of hydrogen-bond donors (Lipinski definition) is 1. The molecule has 0 saturated carbocycles. The van der Waals surface area contributed by atoms with Crippen molar-refractivity contribution >= 4 is 6.03 Å². The van der Waals surface area contributed by atoms with Crippen LogP contribution in [0.3, 0.4) is 0 Å². The van der Waals surface area contributed by atoms with Crippen molar-refractivity contribution in [3.63, 3.8) is 0 Å². The van der Waals surface area contributed by atoms with Gasteiger partial charge in [0.05, 0.1) is 6.54 Å². The summed E-state index contributed by atoms with van der Waals surface area (Å²) in [5.74, 6) is 0.955. The fraction of sp³-hybridized carbons (Fsp3) is 0.526. The Balaban J connectivity index is 1.25. The van der Waals surface area contributed by atoms with Gasteiger partial charge in [0.25, 0.3) is 0 Å². The van der Waals surface area contributed by atoms with E-state index in [1.54, 1.807) is 0 Å². The normalized spacial score (nSPS) is 21.4. The molecule has 2 aliphatic rings. The molecule has 0 aliphatic carbocycles. The van der Waals surface area contributed by atoms with Crippen LogP contribution in [-0.2, 0) is 6.54 Å². The van der Waals surface area contributed by atoms with Gasteiger partial charge in [-0.15, -0.1) is 0 Å². The van der Waals surface area contributed by atoms with Crippen LogP contribution in [0.2, 0.25) is 0 Å². The standard InChI is InChI=1S/C19H25N5O2/c1-14-7-5-6-10-24(14)16-12-23(13-16)19(25)20-11-17-21-18(22-26-17)15-8-3-2-4-9-15/h2-4,8-9,14,16H,5-7,10-13H2,1H3,(H,20,25). The second-order valence-electron chi connectivity index (χ2n) is 7.18. The maximum Gasteiger partial charge on any atom is 0.317 e. The van der Waals surface area contributed by atoms with Crippen molar-refractivity contribution in [1.29, 1.82) is 0 Å². The maximum atomic E-state index is 12.3. The molecule has 1 aromatic heterocycles. The van der Waals surface area contributed by atoms with Crippen molar-refractivity contribution in [2.24, 2.45) is 0 Å². The highest BCUT2D eigenvalue weighted by Crippen LogP contribution is 2.24. The largest absolute Gasteiger partial charge is 0.337 e. The molecule has 3 heterocycles. The van der Waals surface area contributed by atoms with Gasteiger partial charge in [0.1, 0.15) is 0 Å². The van der Waals surface area contributed by atoms with E-state index in [4.69, 9.17) is 4.52 Å². The molecule has 0 spiro atoms. The fourth-order valence-corrected chi connectivity index (χ4v) is 3.79.